The smallest absolute Gasteiger partial charge is 0.389 e. The molecule has 0 unspecified atom stereocenters. The van der Waals surface area contributed by atoms with E-state index in [0.29, 0.717) is 37.4 Å². The Morgan fingerprint density at radius 3 is 2.43 bits per heavy atom. The lowest BCUT2D eigenvalue weighted by Gasteiger charge is -2.38. The van der Waals surface area contributed by atoms with Gasteiger partial charge in [0.15, 0.2) is 0 Å². The second kappa shape index (κ2) is 22.2. The van der Waals surface area contributed by atoms with Crippen LogP contribution in [0.15, 0.2) is 70.3 Å². The number of nitrogens with zero attached hydrogens (tertiary/aromatic N) is 8. The molecule has 0 bridgehead atoms. The topological polar surface area (TPSA) is 205 Å². The first-order chi connectivity index (χ1) is 34.3. The Bertz CT molecular complexity index is 2820. The fourth-order valence-electron chi connectivity index (χ4n) is 9.55. The highest BCUT2D eigenvalue weighted by Gasteiger charge is 2.37. The van der Waals surface area contributed by atoms with E-state index >= 15 is 4.39 Å². The van der Waals surface area contributed by atoms with E-state index < -0.39 is 49.8 Å². The van der Waals surface area contributed by atoms with Gasteiger partial charge in [-0.1, -0.05) is 17.9 Å². The highest BCUT2D eigenvalue weighted by Crippen LogP contribution is 2.37. The van der Waals surface area contributed by atoms with Crippen molar-refractivity contribution in [2.24, 2.45) is 22.2 Å². The molecule has 72 heavy (non-hydrogen) atoms. The Kier molecular flexibility index (Phi) is 16.1. The highest BCUT2D eigenvalue weighted by molar-refractivity contribution is 7.90. The number of hydrogen-bond acceptors (Lipinski definition) is 12. The van der Waals surface area contributed by atoms with Crippen molar-refractivity contribution in [2.45, 2.75) is 101 Å². The van der Waals surface area contributed by atoms with Gasteiger partial charge < -0.3 is 25.0 Å². The highest BCUT2D eigenvalue weighted by atomic mass is 32.2. The van der Waals surface area contributed by atoms with E-state index in [1.54, 1.807) is 6.07 Å². The van der Waals surface area contributed by atoms with Crippen LogP contribution in [-0.4, -0.2) is 125 Å². The molecular weight excluding hydrogens is 961 g/mol. The van der Waals surface area contributed by atoms with Gasteiger partial charge in [-0.3, -0.25) is 24.5 Å². The number of piperidine rings is 2. The Hall–Kier alpha value is -6.28. The normalized spacial score (nSPS) is 20.1. The van der Waals surface area contributed by atoms with Gasteiger partial charge in [0, 0.05) is 73.9 Å². The van der Waals surface area contributed by atoms with E-state index in [-0.39, 0.29) is 66.5 Å². The van der Waals surface area contributed by atoms with Crippen LogP contribution in [-0.2, 0) is 37.1 Å². The van der Waals surface area contributed by atoms with Crippen LogP contribution in [0, 0.1) is 35.4 Å². The zero-order valence-electron chi connectivity index (χ0n) is 40.1. The van der Waals surface area contributed by atoms with Gasteiger partial charge in [-0.25, -0.2) is 19.2 Å². The van der Waals surface area contributed by atoms with Crippen LogP contribution >= 0.6 is 0 Å². The Balaban J connectivity index is 0.741. The number of urea groups is 1. The van der Waals surface area contributed by atoms with E-state index in [4.69, 9.17) is 4.74 Å². The third-order valence-corrected chi connectivity index (χ3v) is 14.6. The number of aromatic nitrogens is 4. The summed E-state index contributed by atoms with van der Waals surface area (Å²) in [7, 11) is -4.28. The lowest BCUT2D eigenvalue weighted by Crippen LogP contribution is -2.49. The van der Waals surface area contributed by atoms with Crippen molar-refractivity contribution in [1.29, 1.82) is 0 Å². The lowest BCUT2D eigenvalue weighted by atomic mass is 9.82. The number of carbonyl (C=O) groups excluding carboxylic acids is 3. The molecule has 3 N–H and O–H groups in total. The van der Waals surface area contributed by atoms with Crippen molar-refractivity contribution in [2.75, 3.05) is 56.1 Å². The number of anilines is 3. The van der Waals surface area contributed by atoms with Gasteiger partial charge in [0.2, 0.25) is 17.8 Å². The lowest BCUT2D eigenvalue weighted by molar-refractivity contribution is -0.140. The SMILES string of the molecule is CC(C)(O)Cn1cc(-c2nc(Nc3ccc(S(=O)(=O)/N=C/C4CCC(CN5CCC(C(=O)N6CCC(OCC#Cc7cccc(N8CCC(=O)NC8=O)c7)CC6)CC5)CC4)cc3F)ncc2C(F)(F)F)cn1. The second-order valence-corrected chi connectivity index (χ2v) is 21.1. The number of halogens is 4. The zero-order valence-corrected chi connectivity index (χ0v) is 40.9. The first kappa shape index (κ1) is 52.1. The summed E-state index contributed by atoms with van der Waals surface area (Å²) < 4.78 is 94.7. The number of likely N-dealkylation sites (tertiary alicyclic amines) is 2. The second-order valence-electron chi connectivity index (χ2n) is 19.5. The Morgan fingerprint density at radius 1 is 0.986 bits per heavy atom. The molecule has 1 saturated carbocycles. The number of nitrogens with one attached hydrogen (secondary N) is 2. The largest absolute Gasteiger partial charge is 0.419 e. The minimum absolute atomic E-state index is 0.000109. The molecule has 8 rings (SSSR count). The molecular formula is C50H58F4N10O7S. The molecule has 22 heteroatoms. The van der Waals surface area contributed by atoms with Gasteiger partial charge in [-0.15, -0.1) is 0 Å². The molecule has 3 saturated heterocycles. The maximum absolute atomic E-state index is 15.4. The summed E-state index contributed by atoms with van der Waals surface area (Å²) in [6.45, 7) is 7.47. The third-order valence-electron chi connectivity index (χ3n) is 13.4. The van der Waals surface area contributed by atoms with Gasteiger partial charge in [-0.05, 0) is 127 Å². The van der Waals surface area contributed by atoms with Crippen molar-refractivity contribution in [3.05, 3.63) is 78.0 Å². The molecule has 2 aromatic heterocycles. The maximum atomic E-state index is 15.4. The van der Waals surface area contributed by atoms with Crippen LogP contribution in [0.25, 0.3) is 11.3 Å². The Labute approximate surface area is 415 Å². The average molecular weight is 1020 g/mol. The van der Waals surface area contributed by atoms with E-state index in [2.05, 4.69) is 46.8 Å². The van der Waals surface area contributed by atoms with Crippen LogP contribution < -0.4 is 15.5 Å². The Morgan fingerprint density at radius 2 is 1.74 bits per heavy atom. The minimum Gasteiger partial charge on any atom is -0.389 e. The standard InChI is InChI=1S/C50H58F4N10O7S/c1-49(2,68)32-63-31-37(28-56-63)45-41(50(52,53)54)29-55-47(60-45)58-43-13-12-40(26-42(43)51)72(69,70)57-27-34-8-10-35(11-9-34)30-61-19-14-36(15-20-61)46(66)62-21-16-39(17-22-62)71-24-4-6-33-5-3-7-38(25-33)64-23-18-44(65)59-48(64)67/h3,5,7,12-13,25-29,31,34-36,39,68H,8-11,14-24,30,32H2,1-2H3,(H,55,58,60)(H,59,65,67)/b57-27+. The predicted octanol–water partition coefficient (Wildman–Crippen LogP) is 6.80. The molecule has 1 aliphatic carbocycles. The number of ether oxygens (including phenoxy) is 1. The monoisotopic (exact) mass is 1020 g/mol. The van der Waals surface area contributed by atoms with Crippen LogP contribution in [0.4, 0.5) is 39.7 Å². The van der Waals surface area contributed by atoms with Crippen molar-refractivity contribution in [3.63, 3.8) is 0 Å². The fraction of sp³-hybridized carbons (Fsp3) is 0.500. The molecule has 5 heterocycles. The summed E-state index contributed by atoms with van der Waals surface area (Å²) in [5.41, 5.74) is -1.74. The summed E-state index contributed by atoms with van der Waals surface area (Å²) in [6, 6.07) is 9.89. The number of alkyl halides is 3. The number of carbonyl (C=O) groups is 3. The number of imide groups is 1. The van der Waals surface area contributed by atoms with Crippen molar-refractivity contribution < 1.29 is 50.2 Å². The molecule has 2 aromatic carbocycles. The molecule has 3 aliphatic heterocycles. The summed E-state index contributed by atoms with van der Waals surface area (Å²) in [6.07, 6.45) is 6.22. The zero-order chi connectivity index (χ0) is 51.2. The quantitative estimate of drug-likeness (QED) is 0.0679. The van der Waals surface area contributed by atoms with Crippen molar-refractivity contribution >= 4 is 51.4 Å². The molecule has 0 spiro atoms. The summed E-state index contributed by atoms with van der Waals surface area (Å²) >= 11 is 0. The van der Waals surface area contributed by atoms with E-state index in [0.717, 1.165) is 101 Å². The molecule has 384 valence electrons. The third kappa shape index (κ3) is 13.6. The molecule has 4 aromatic rings. The molecule has 0 radical (unpaired) electrons. The number of benzene rings is 2. The van der Waals surface area contributed by atoms with Gasteiger partial charge in [-0.2, -0.15) is 31.1 Å². The van der Waals surface area contributed by atoms with Crippen LogP contribution in [0.5, 0.6) is 0 Å². The van der Waals surface area contributed by atoms with Gasteiger partial charge in [0.05, 0.1) is 40.7 Å². The maximum Gasteiger partial charge on any atom is 0.419 e. The number of hydrogen-bond donors (Lipinski definition) is 3. The van der Waals surface area contributed by atoms with E-state index in [9.17, 15) is 41.1 Å². The molecule has 0 atom stereocenters. The van der Waals surface area contributed by atoms with E-state index in [1.807, 2.05) is 23.1 Å². The summed E-state index contributed by atoms with van der Waals surface area (Å²) in [5, 5.41) is 19.0. The number of amides is 4. The molecule has 4 aliphatic rings. The minimum atomic E-state index is -4.82. The summed E-state index contributed by atoms with van der Waals surface area (Å²) in [5.74, 6) is 5.03. The van der Waals surface area contributed by atoms with Crippen LogP contribution in [0.1, 0.15) is 82.8 Å². The van der Waals surface area contributed by atoms with Crippen molar-refractivity contribution in [1.82, 2.24) is 34.9 Å². The predicted molar refractivity (Wildman–Crippen MR) is 259 cm³/mol. The fourth-order valence-corrected chi connectivity index (χ4v) is 10.5. The molecule has 17 nitrogen and oxygen atoms in total. The number of rotatable bonds is 14. The first-order valence-electron chi connectivity index (χ1n) is 24.2. The van der Waals surface area contributed by atoms with Crippen LogP contribution in [0.3, 0.4) is 0 Å². The summed E-state index contributed by atoms with van der Waals surface area (Å²) in [4.78, 5) is 50.5. The molecule has 4 fully saturated rings. The number of sulfonamides is 1. The van der Waals surface area contributed by atoms with E-state index in [1.165, 1.54) is 35.8 Å². The molecule has 4 amide bonds. The number of aliphatic hydroxyl groups is 1. The average Bonchev–Trinajstić information content (AvgIpc) is 3.80. The van der Waals surface area contributed by atoms with Crippen LogP contribution in [0.2, 0.25) is 0 Å². The van der Waals surface area contributed by atoms with Crippen molar-refractivity contribution in [3.8, 4) is 23.1 Å². The van der Waals surface area contributed by atoms with Gasteiger partial charge >= 0.3 is 12.2 Å². The van der Waals surface area contributed by atoms with Gasteiger partial charge in [0.25, 0.3) is 10.0 Å². The van der Waals surface area contributed by atoms with Gasteiger partial charge in [0.1, 0.15) is 18.0 Å². The first-order valence-corrected chi connectivity index (χ1v) is 25.6.